The lowest BCUT2D eigenvalue weighted by Crippen LogP contribution is -2.16. The standard InChI is InChI=1S/C10H13NO2/c1-13-9(7-10(11)12)8-5-3-2-4-6-8/h2-6,9H,7H2,1H3,(H2,11,12). The van der Waals surface area contributed by atoms with Crippen LogP contribution in [0.3, 0.4) is 0 Å². The van der Waals surface area contributed by atoms with Gasteiger partial charge in [-0.3, -0.25) is 4.79 Å². The highest BCUT2D eigenvalue weighted by Gasteiger charge is 2.12. The van der Waals surface area contributed by atoms with E-state index in [9.17, 15) is 4.79 Å². The largest absolute Gasteiger partial charge is 0.376 e. The summed E-state index contributed by atoms with van der Waals surface area (Å²) in [5.74, 6) is -0.351. The average molecular weight is 179 g/mol. The number of rotatable bonds is 4. The fourth-order valence-electron chi connectivity index (χ4n) is 1.19. The highest BCUT2D eigenvalue weighted by molar-refractivity contribution is 5.74. The van der Waals surface area contributed by atoms with Crippen LogP contribution >= 0.6 is 0 Å². The van der Waals surface area contributed by atoms with Crippen molar-refractivity contribution in [2.24, 2.45) is 5.73 Å². The van der Waals surface area contributed by atoms with Crippen LogP contribution in [0, 0.1) is 0 Å². The minimum Gasteiger partial charge on any atom is -0.376 e. The number of primary amides is 1. The van der Waals surface area contributed by atoms with Crippen LogP contribution in [0.1, 0.15) is 18.1 Å². The molecule has 1 amide bonds. The fourth-order valence-corrected chi connectivity index (χ4v) is 1.19. The van der Waals surface area contributed by atoms with Crippen LogP contribution in [0.5, 0.6) is 0 Å². The summed E-state index contributed by atoms with van der Waals surface area (Å²) in [6.45, 7) is 0. The minimum absolute atomic E-state index is 0.223. The number of hydrogen-bond acceptors (Lipinski definition) is 2. The van der Waals surface area contributed by atoms with Gasteiger partial charge in [0.05, 0.1) is 12.5 Å². The second-order valence-corrected chi connectivity index (χ2v) is 2.81. The molecule has 0 fully saturated rings. The Morgan fingerprint density at radius 1 is 1.46 bits per heavy atom. The zero-order chi connectivity index (χ0) is 9.68. The van der Waals surface area contributed by atoms with Crippen LogP contribution in [0.2, 0.25) is 0 Å². The molecule has 3 nitrogen and oxygen atoms in total. The summed E-state index contributed by atoms with van der Waals surface area (Å²) in [6, 6.07) is 9.55. The van der Waals surface area contributed by atoms with E-state index in [0.717, 1.165) is 5.56 Å². The summed E-state index contributed by atoms with van der Waals surface area (Å²) >= 11 is 0. The highest BCUT2D eigenvalue weighted by atomic mass is 16.5. The number of ether oxygens (including phenoxy) is 1. The molecule has 0 aliphatic carbocycles. The molecule has 0 saturated carbocycles. The summed E-state index contributed by atoms with van der Waals surface area (Å²) in [6.07, 6.45) is -0.000694. The maximum atomic E-state index is 10.7. The molecule has 3 heteroatoms. The molecule has 13 heavy (non-hydrogen) atoms. The Bertz CT molecular complexity index is 272. The van der Waals surface area contributed by atoms with Crippen molar-refractivity contribution in [3.05, 3.63) is 35.9 Å². The molecule has 70 valence electrons. The first-order chi connectivity index (χ1) is 6.24. The van der Waals surface area contributed by atoms with Crippen LogP contribution in [0.15, 0.2) is 30.3 Å². The van der Waals surface area contributed by atoms with Gasteiger partial charge < -0.3 is 10.5 Å². The summed E-state index contributed by atoms with van der Waals surface area (Å²) < 4.78 is 5.15. The second kappa shape index (κ2) is 4.62. The number of hydrogen-bond donors (Lipinski definition) is 1. The van der Waals surface area contributed by atoms with Gasteiger partial charge in [-0.15, -0.1) is 0 Å². The Labute approximate surface area is 77.5 Å². The first kappa shape index (κ1) is 9.74. The predicted octanol–water partition coefficient (Wildman–Crippen LogP) is 1.25. The Morgan fingerprint density at radius 3 is 2.54 bits per heavy atom. The van der Waals surface area contributed by atoms with E-state index in [0.29, 0.717) is 0 Å². The summed E-state index contributed by atoms with van der Waals surface area (Å²) in [7, 11) is 1.57. The highest BCUT2D eigenvalue weighted by Crippen LogP contribution is 2.19. The van der Waals surface area contributed by atoms with Gasteiger partial charge >= 0.3 is 0 Å². The SMILES string of the molecule is COC(CC(N)=O)c1ccccc1. The second-order valence-electron chi connectivity index (χ2n) is 2.81. The Hall–Kier alpha value is -1.35. The zero-order valence-corrected chi connectivity index (χ0v) is 7.57. The lowest BCUT2D eigenvalue weighted by molar-refractivity contribution is -0.120. The van der Waals surface area contributed by atoms with Crippen LogP contribution in [0.25, 0.3) is 0 Å². The van der Waals surface area contributed by atoms with Crippen molar-refractivity contribution in [1.82, 2.24) is 0 Å². The van der Waals surface area contributed by atoms with E-state index in [-0.39, 0.29) is 18.4 Å². The van der Waals surface area contributed by atoms with E-state index >= 15 is 0 Å². The first-order valence-corrected chi connectivity index (χ1v) is 4.10. The fraction of sp³-hybridized carbons (Fsp3) is 0.300. The quantitative estimate of drug-likeness (QED) is 0.756. The lowest BCUT2D eigenvalue weighted by atomic mass is 10.1. The third-order valence-electron chi connectivity index (χ3n) is 1.84. The van der Waals surface area contributed by atoms with Crippen LogP contribution in [-0.4, -0.2) is 13.0 Å². The number of carbonyl (C=O) groups excluding carboxylic acids is 1. The molecule has 0 bridgehead atoms. The molecule has 0 aliphatic rings. The molecule has 0 aliphatic heterocycles. The minimum atomic E-state index is -0.351. The van der Waals surface area contributed by atoms with Crippen molar-refractivity contribution in [1.29, 1.82) is 0 Å². The van der Waals surface area contributed by atoms with E-state index in [1.54, 1.807) is 7.11 Å². The van der Waals surface area contributed by atoms with E-state index in [1.165, 1.54) is 0 Å². The molecular weight excluding hydrogens is 166 g/mol. The van der Waals surface area contributed by atoms with Gasteiger partial charge in [-0.05, 0) is 5.56 Å². The van der Waals surface area contributed by atoms with Crippen LogP contribution in [-0.2, 0) is 9.53 Å². The molecule has 0 saturated heterocycles. The molecule has 1 atom stereocenters. The van der Waals surface area contributed by atoms with Crippen molar-refractivity contribution >= 4 is 5.91 Å². The van der Waals surface area contributed by atoms with Crippen molar-refractivity contribution in [2.75, 3.05) is 7.11 Å². The van der Waals surface area contributed by atoms with E-state index in [2.05, 4.69) is 0 Å². The van der Waals surface area contributed by atoms with Gasteiger partial charge in [0.25, 0.3) is 0 Å². The van der Waals surface area contributed by atoms with Crippen LogP contribution < -0.4 is 5.73 Å². The van der Waals surface area contributed by atoms with Gasteiger partial charge in [-0.1, -0.05) is 30.3 Å². The van der Waals surface area contributed by atoms with Gasteiger partial charge in [0, 0.05) is 7.11 Å². The number of methoxy groups -OCH3 is 1. The van der Waals surface area contributed by atoms with Gasteiger partial charge in [0.1, 0.15) is 0 Å². The summed E-state index contributed by atoms with van der Waals surface area (Å²) in [5.41, 5.74) is 6.06. The van der Waals surface area contributed by atoms with Gasteiger partial charge in [-0.2, -0.15) is 0 Å². The van der Waals surface area contributed by atoms with Gasteiger partial charge in [0.2, 0.25) is 5.91 Å². The van der Waals surface area contributed by atoms with Gasteiger partial charge in [-0.25, -0.2) is 0 Å². The van der Waals surface area contributed by atoms with E-state index < -0.39 is 0 Å². The summed E-state index contributed by atoms with van der Waals surface area (Å²) in [4.78, 5) is 10.7. The maximum absolute atomic E-state index is 10.7. The molecule has 1 unspecified atom stereocenters. The Balaban J connectivity index is 2.73. The van der Waals surface area contributed by atoms with E-state index in [4.69, 9.17) is 10.5 Å². The van der Waals surface area contributed by atoms with E-state index in [1.807, 2.05) is 30.3 Å². The molecule has 0 heterocycles. The topological polar surface area (TPSA) is 52.3 Å². The van der Waals surface area contributed by atoms with Gasteiger partial charge in [0.15, 0.2) is 0 Å². The third kappa shape index (κ3) is 2.87. The number of carbonyl (C=O) groups is 1. The zero-order valence-electron chi connectivity index (χ0n) is 7.57. The molecule has 1 rings (SSSR count). The molecule has 2 N–H and O–H groups in total. The monoisotopic (exact) mass is 179 g/mol. The van der Waals surface area contributed by atoms with Crippen LogP contribution in [0.4, 0.5) is 0 Å². The predicted molar refractivity (Wildman–Crippen MR) is 50.0 cm³/mol. The molecule has 0 spiro atoms. The maximum Gasteiger partial charge on any atom is 0.220 e. The molecule has 0 radical (unpaired) electrons. The number of amides is 1. The average Bonchev–Trinajstić information content (AvgIpc) is 2.15. The normalized spacial score (nSPS) is 12.4. The Kier molecular flexibility index (Phi) is 3.46. The van der Waals surface area contributed by atoms with Crippen molar-refractivity contribution in [3.8, 4) is 0 Å². The smallest absolute Gasteiger partial charge is 0.220 e. The van der Waals surface area contributed by atoms with Crippen molar-refractivity contribution in [2.45, 2.75) is 12.5 Å². The first-order valence-electron chi connectivity index (χ1n) is 4.10. The van der Waals surface area contributed by atoms with Crippen molar-refractivity contribution in [3.63, 3.8) is 0 Å². The summed E-state index contributed by atoms with van der Waals surface area (Å²) in [5, 5.41) is 0. The molecule has 1 aromatic carbocycles. The number of nitrogens with two attached hydrogens (primary N) is 1. The molecular formula is C10H13NO2. The third-order valence-corrected chi connectivity index (χ3v) is 1.84. The number of benzene rings is 1. The molecule has 0 aromatic heterocycles. The Morgan fingerprint density at radius 2 is 2.08 bits per heavy atom. The van der Waals surface area contributed by atoms with Crippen molar-refractivity contribution < 1.29 is 9.53 Å². The molecule has 1 aromatic rings. The lowest BCUT2D eigenvalue weighted by Gasteiger charge is -2.13.